The van der Waals surface area contributed by atoms with Crippen molar-refractivity contribution in [2.75, 3.05) is 6.61 Å². The van der Waals surface area contributed by atoms with E-state index in [9.17, 15) is 4.79 Å². The number of ether oxygens (including phenoxy) is 1. The lowest BCUT2D eigenvalue weighted by Crippen LogP contribution is -2.24. The van der Waals surface area contributed by atoms with Crippen molar-refractivity contribution in [2.45, 2.75) is 18.9 Å². The molecule has 2 N–H and O–H groups in total. The molecule has 0 bridgehead atoms. The van der Waals surface area contributed by atoms with Crippen LogP contribution in [0.4, 0.5) is 0 Å². The number of hydrogen-bond donors (Lipinski definition) is 1. The van der Waals surface area contributed by atoms with E-state index in [1.165, 1.54) is 5.56 Å². The maximum Gasteiger partial charge on any atom is 0.327 e. The lowest BCUT2D eigenvalue weighted by molar-refractivity contribution is -0.145. The van der Waals surface area contributed by atoms with Crippen molar-refractivity contribution in [3.05, 3.63) is 71.8 Å². The highest BCUT2D eigenvalue weighted by Gasteiger charge is 2.16. The Labute approximate surface area is 119 Å². The second-order valence-corrected chi connectivity index (χ2v) is 4.65. The molecule has 0 unspecified atom stereocenters. The number of carbonyl (C=O) groups excluding carboxylic acids is 1. The van der Waals surface area contributed by atoms with Gasteiger partial charge in [-0.2, -0.15) is 0 Å². The first kappa shape index (κ1) is 14.3. The molecular weight excluding hydrogens is 250 g/mol. The summed E-state index contributed by atoms with van der Waals surface area (Å²) in [5.41, 5.74) is 7.88. The van der Waals surface area contributed by atoms with Crippen LogP contribution in [0, 0.1) is 0 Å². The van der Waals surface area contributed by atoms with Crippen molar-refractivity contribution in [1.29, 1.82) is 0 Å². The first-order valence-corrected chi connectivity index (χ1v) is 6.78. The fourth-order valence-electron chi connectivity index (χ4n) is 1.98. The van der Waals surface area contributed by atoms with Crippen LogP contribution in [0.15, 0.2) is 60.7 Å². The van der Waals surface area contributed by atoms with Crippen LogP contribution in [0.5, 0.6) is 0 Å². The molecule has 0 aliphatic carbocycles. The molecule has 104 valence electrons. The van der Waals surface area contributed by atoms with Gasteiger partial charge in [0.05, 0.1) is 6.61 Å². The Bertz CT molecular complexity index is 525. The Kier molecular flexibility index (Phi) is 5.33. The van der Waals surface area contributed by atoms with Crippen LogP contribution >= 0.6 is 0 Å². The van der Waals surface area contributed by atoms with Gasteiger partial charge in [-0.15, -0.1) is 0 Å². The highest BCUT2D eigenvalue weighted by atomic mass is 16.5. The van der Waals surface area contributed by atoms with E-state index in [-0.39, 0.29) is 5.97 Å². The third-order valence-corrected chi connectivity index (χ3v) is 3.11. The third-order valence-electron chi connectivity index (χ3n) is 3.11. The molecule has 0 radical (unpaired) electrons. The third kappa shape index (κ3) is 4.21. The molecule has 0 saturated carbocycles. The van der Waals surface area contributed by atoms with Crippen molar-refractivity contribution in [3.8, 4) is 0 Å². The average Bonchev–Trinajstić information content (AvgIpc) is 2.52. The van der Waals surface area contributed by atoms with E-state index in [1.54, 1.807) is 0 Å². The van der Waals surface area contributed by atoms with Crippen LogP contribution < -0.4 is 5.73 Å². The summed E-state index contributed by atoms with van der Waals surface area (Å²) < 4.78 is 5.22. The van der Waals surface area contributed by atoms with Crippen molar-refractivity contribution >= 4 is 5.97 Å². The molecule has 0 aromatic heterocycles. The van der Waals surface area contributed by atoms with E-state index < -0.39 is 6.04 Å². The number of carbonyl (C=O) groups is 1. The number of benzene rings is 2. The first-order chi connectivity index (χ1) is 9.77. The Morgan fingerprint density at radius 2 is 1.60 bits per heavy atom. The maximum atomic E-state index is 11.8. The summed E-state index contributed by atoms with van der Waals surface area (Å²) in [7, 11) is 0. The van der Waals surface area contributed by atoms with Gasteiger partial charge in [0.1, 0.15) is 6.04 Å². The average molecular weight is 269 g/mol. The molecule has 0 saturated heterocycles. The topological polar surface area (TPSA) is 52.3 Å². The number of hydrogen-bond acceptors (Lipinski definition) is 3. The van der Waals surface area contributed by atoms with Crippen molar-refractivity contribution < 1.29 is 9.53 Å². The summed E-state index contributed by atoms with van der Waals surface area (Å²) in [6.45, 7) is 0.397. The minimum absolute atomic E-state index is 0.371. The van der Waals surface area contributed by atoms with Crippen LogP contribution in [0.2, 0.25) is 0 Å². The van der Waals surface area contributed by atoms with Gasteiger partial charge in [0.25, 0.3) is 0 Å². The predicted octanol–water partition coefficient (Wildman–Crippen LogP) is 2.86. The summed E-state index contributed by atoms with van der Waals surface area (Å²) in [6, 6.07) is 18.7. The molecule has 2 rings (SSSR count). The standard InChI is InChI=1S/C17H19NO2/c18-16(15-11-5-2-6-12-15)17(19)20-13-7-10-14-8-3-1-4-9-14/h1-6,8-9,11-12,16H,7,10,13,18H2/t16-/m1/s1. The van der Waals surface area contributed by atoms with Crippen LogP contribution in [-0.4, -0.2) is 12.6 Å². The summed E-state index contributed by atoms with van der Waals surface area (Å²) >= 11 is 0. The number of rotatable bonds is 6. The van der Waals surface area contributed by atoms with E-state index in [2.05, 4.69) is 12.1 Å². The Morgan fingerprint density at radius 3 is 2.25 bits per heavy atom. The van der Waals surface area contributed by atoms with Gasteiger partial charge in [0, 0.05) is 0 Å². The molecule has 0 amide bonds. The van der Waals surface area contributed by atoms with E-state index >= 15 is 0 Å². The first-order valence-electron chi connectivity index (χ1n) is 6.78. The van der Waals surface area contributed by atoms with Gasteiger partial charge < -0.3 is 10.5 Å². The molecule has 3 nitrogen and oxygen atoms in total. The largest absolute Gasteiger partial charge is 0.464 e. The van der Waals surface area contributed by atoms with E-state index in [0.29, 0.717) is 6.61 Å². The molecule has 0 heterocycles. The highest BCUT2D eigenvalue weighted by molar-refractivity contribution is 5.77. The lowest BCUT2D eigenvalue weighted by atomic mass is 10.1. The smallest absolute Gasteiger partial charge is 0.327 e. The van der Waals surface area contributed by atoms with Crippen LogP contribution in [0.25, 0.3) is 0 Å². The number of aryl methyl sites for hydroxylation is 1. The van der Waals surface area contributed by atoms with Gasteiger partial charge in [-0.3, -0.25) is 0 Å². The molecule has 2 aromatic carbocycles. The molecule has 20 heavy (non-hydrogen) atoms. The Morgan fingerprint density at radius 1 is 1.00 bits per heavy atom. The van der Waals surface area contributed by atoms with Crippen LogP contribution in [0.3, 0.4) is 0 Å². The summed E-state index contributed by atoms with van der Waals surface area (Å²) in [6.07, 6.45) is 1.70. The monoisotopic (exact) mass is 269 g/mol. The molecular formula is C17H19NO2. The molecule has 0 aliphatic heterocycles. The zero-order valence-corrected chi connectivity index (χ0v) is 11.4. The van der Waals surface area contributed by atoms with Crippen LogP contribution in [-0.2, 0) is 16.0 Å². The van der Waals surface area contributed by atoms with Crippen molar-refractivity contribution in [2.24, 2.45) is 5.73 Å². The minimum Gasteiger partial charge on any atom is -0.464 e. The summed E-state index contributed by atoms with van der Waals surface area (Å²) in [5, 5.41) is 0. The zero-order valence-electron chi connectivity index (χ0n) is 11.4. The van der Waals surface area contributed by atoms with Gasteiger partial charge >= 0.3 is 5.97 Å². The normalized spacial score (nSPS) is 11.8. The van der Waals surface area contributed by atoms with Crippen molar-refractivity contribution in [1.82, 2.24) is 0 Å². The second-order valence-electron chi connectivity index (χ2n) is 4.65. The molecule has 0 aliphatic rings. The van der Waals surface area contributed by atoms with E-state index in [4.69, 9.17) is 10.5 Å². The number of nitrogens with two attached hydrogens (primary N) is 1. The second kappa shape index (κ2) is 7.46. The van der Waals surface area contributed by atoms with E-state index in [1.807, 2.05) is 48.5 Å². The van der Waals surface area contributed by atoms with Gasteiger partial charge in [-0.1, -0.05) is 60.7 Å². The van der Waals surface area contributed by atoms with Crippen molar-refractivity contribution in [3.63, 3.8) is 0 Å². The molecule has 3 heteroatoms. The van der Waals surface area contributed by atoms with Gasteiger partial charge in [-0.25, -0.2) is 4.79 Å². The molecule has 2 aromatic rings. The fourth-order valence-corrected chi connectivity index (χ4v) is 1.98. The molecule has 0 fully saturated rings. The number of esters is 1. The van der Waals surface area contributed by atoms with Gasteiger partial charge in [0.2, 0.25) is 0 Å². The Balaban J connectivity index is 1.73. The van der Waals surface area contributed by atoms with Gasteiger partial charge in [0.15, 0.2) is 0 Å². The van der Waals surface area contributed by atoms with Crippen LogP contribution in [0.1, 0.15) is 23.6 Å². The molecule has 1 atom stereocenters. The quantitative estimate of drug-likeness (QED) is 0.648. The predicted molar refractivity (Wildman–Crippen MR) is 79.1 cm³/mol. The summed E-state index contributed by atoms with van der Waals surface area (Å²) in [4.78, 5) is 11.8. The fraction of sp³-hybridized carbons (Fsp3) is 0.235. The SMILES string of the molecule is N[C@@H](C(=O)OCCCc1ccccc1)c1ccccc1. The van der Waals surface area contributed by atoms with E-state index in [0.717, 1.165) is 18.4 Å². The molecule has 0 spiro atoms. The zero-order chi connectivity index (χ0) is 14.2. The maximum absolute atomic E-state index is 11.8. The van der Waals surface area contributed by atoms with Gasteiger partial charge in [-0.05, 0) is 24.0 Å². The minimum atomic E-state index is -0.701. The Hall–Kier alpha value is -2.13. The highest BCUT2D eigenvalue weighted by Crippen LogP contribution is 2.11. The lowest BCUT2D eigenvalue weighted by Gasteiger charge is -2.11. The summed E-state index contributed by atoms with van der Waals surface area (Å²) in [5.74, 6) is -0.371.